The van der Waals surface area contributed by atoms with E-state index in [0.29, 0.717) is 22.5 Å². The second-order valence-corrected chi connectivity index (χ2v) is 6.05. The summed E-state index contributed by atoms with van der Waals surface area (Å²) < 4.78 is 14.3. The van der Waals surface area contributed by atoms with E-state index in [1.54, 1.807) is 12.1 Å². The maximum absolute atomic E-state index is 13.6. The highest BCUT2D eigenvalue weighted by molar-refractivity contribution is 9.10. The van der Waals surface area contributed by atoms with E-state index in [1.807, 2.05) is 0 Å². The smallest absolute Gasteiger partial charge is 0.137 e. The number of benzene rings is 1. The Morgan fingerprint density at radius 1 is 1.42 bits per heavy atom. The van der Waals surface area contributed by atoms with Crippen molar-refractivity contribution < 1.29 is 9.18 Å². The van der Waals surface area contributed by atoms with Crippen LogP contribution < -0.4 is 5.32 Å². The third-order valence-electron chi connectivity index (χ3n) is 3.59. The average Bonchev–Trinajstić information content (AvgIpc) is 2.41. The molecule has 1 saturated heterocycles. The van der Waals surface area contributed by atoms with Gasteiger partial charge in [-0.05, 0) is 43.5 Å². The van der Waals surface area contributed by atoms with Crippen LogP contribution in [-0.4, -0.2) is 18.4 Å². The van der Waals surface area contributed by atoms with Crippen LogP contribution in [0.4, 0.5) is 4.39 Å². The zero-order valence-electron chi connectivity index (χ0n) is 10.9. The molecule has 1 aromatic rings. The second-order valence-electron chi connectivity index (χ2n) is 5.14. The lowest BCUT2D eigenvalue weighted by atomic mass is 9.97. The van der Waals surface area contributed by atoms with Gasteiger partial charge in [-0.25, -0.2) is 4.39 Å². The summed E-state index contributed by atoms with van der Waals surface area (Å²) in [5, 5.41) is 3.42. The minimum atomic E-state index is -0.307. The van der Waals surface area contributed by atoms with Crippen LogP contribution in [0.1, 0.15) is 37.7 Å². The number of ketones is 1. The van der Waals surface area contributed by atoms with Gasteiger partial charge in [0.1, 0.15) is 11.6 Å². The van der Waals surface area contributed by atoms with E-state index < -0.39 is 0 Å². The quantitative estimate of drug-likeness (QED) is 0.894. The highest BCUT2D eigenvalue weighted by Crippen LogP contribution is 2.17. The van der Waals surface area contributed by atoms with E-state index in [9.17, 15) is 9.18 Å². The van der Waals surface area contributed by atoms with Gasteiger partial charge in [-0.1, -0.05) is 28.4 Å². The van der Waals surface area contributed by atoms with Crippen molar-refractivity contribution in [3.05, 3.63) is 34.1 Å². The van der Waals surface area contributed by atoms with E-state index in [-0.39, 0.29) is 18.0 Å². The maximum Gasteiger partial charge on any atom is 0.137 e. The fourth-order valence-electron chi connectivity index (χ4n) is 2.47. The van der Waals surface area contributed by atoms with Crippen LogP contribution in [0.2, 0.25) is 0 Å². The molecule has 2 nitrogen and oxygen atoms in total. The number of halogens is 2. The normalized spacial score (nSPS) is 19.4. The van der Waals surface area contributed by atoms with Crippen molar-refractivity contribution >= 4 is 21.7 Å². The molecule has 0 amide bonds. The molecule has 104 valence electrons. The molecular formula is C15H19BrFNO. The Morgan fingerprint density at radius 2 is 2.26 bits per heavy atom. The summed E-state index contributed by atoms with van der Waals surface area (Å²) >= 11 is 3.21. The number of carbonyl (C=O) groups is 1. The molecule has 1 aromatic carbocycles. The Morgan fingerprint density at radius 3 is 2.95 bits per heavy atom. The molecule has 19 heavy (non-hydrogen) atoms. The van der Waals surface area contributed by atoms with E-state index >= 15 is 0 Å². The largest absolute Gasteiger partial charge is 0.314 e. The van der Waals surface area contributed by atoms with Crippen LogP contribution >= 0.6 is 15.9 Å². The molecule has 0 aliphatic carbocycles. The van der Waals surface area contributed by atoms with E-state index in [1.165, 1.54) is 18.9 Å². The van der Waals surface area contributed by atoms with Crippen molar-refractivity contribution in [1.82, 2.24) is 5.32 Å². The topological polar surface area (TPSA) is 29.1 Å². The van der Waals surface area contributed by atoms with Crippen molar-refractivity contribution in [2.45, 2.75) is 44.6 Å². The van der Waals surface area contributed by atoms with Gasteiger partial charge in [0.25, 0.3) is 0 Å². The Bertz CT molecular complexity index is 444. The fourth-order valence-corrected chi connectivity index (χ4v) is 2.80. The van der Waals surface area contributed by atoms with Gasteiger partial charge in [-0.3, -0.25) is 4.79 Å². The number of carbonyl (C=O) groups excluding carboxylic acids is 1. The number of hydrogen-bond acceptors (Lipinski definition) is 2. The third-order valence-corrected chi connectivity index (χ3v) is 4.08. The molecule has 0 saturated carbocycles. The summed E-state index contributed by atoms with van der Waals surface area (Å²) in [7, 11) is 0. The molecule has 1 atom stereocenters. The molecular weight excluding hydrogens is 309 g/mol. The molecule has 0 aromatic heterocycles. The molecule has 1 heterocycles. The Kier molecular flexibility index (Phi) is 5.52. The molecule has 0 spiro atoms. The van der Waals surface area contributed by atoms with Crippen molar-refractivity contribution in [2.75, 3.05) is 6.54 Å². The Hall–Kier alpha value is -0.740. The highest BCUT2D eigenvalue weighted by Gasteiger charge is 2.15. The van der Waals surface area contributed by atoms with Crippen molar-refractivity contribution in [3.8, 4) is 0 Å². The minimum absolute atomic E-state index is 0.119. The lowest BCUT2D eigenvalue weighted by molar-refractivity contribution is -0.118. The zero-order chi connectivity index (χ0) is 13.7. The van der Waals surface area contributed by atoms with Crippen molar-refractivity contribution in [1.29, 1.82) is 0 Å². The van der Waals surface area contributed by atoms with Gasteiger partial charge in [0, 0.05) is 23.4 Å². The van der Waals surface area contributed by atoms with Crippen LogP contribution in [-0.2, 0) is 11.2 Å². The fraction of sp³-hybridized carbons (Fsp3) is 0.533. The molecule has 2 rings (SSSR count). The maximum atomic E-state index is 13.6. The number of nitrogens with one attached hydrogen (secondary N) is 1. The van der Waals surface area contributed by atoms with Gasteiger partial charge in [-0.15, -0.1) is 0 Å². The van der Waals surface area contributed by atoms with Gasteiger partial charge in [0.2, 0.25) is 0 Å². The standard InChI is InChI=1S/C15H19BrFNO/c16-12-5-4-11(15(17)10-12)9-14(19)7-6-13-3-1-2-8-18-13/h4-5,10,13,18H,1-3,6-9H2. The van der Waals surface area contributed by atoms with Gasteiger partial charge < -0.3 is 5.32 Å². The Labute approximate surface area is 121 Å². The molecule has 4 heteroatoms. The van der Waals surface area contributed by atoms with Crippen LogP contribution in [0.5, 0.6) is 0 Å². The van der Waals surface area contributed by atoms with Gasteiger partial charge in [0.05, 0.1) is 0 Å². The first kappa shape index (κ1) is 14.7. The summed E-state index contributed by atoms with van der Waals surface area (Å²) in [4.78, 5) is 11.9. The molecule has 1 unspecified atom stereocenters. The first-order valence-corrected chi connectivity index (χ1v) is 7.63. The molecule has 1 N–H and O–H groups in total. The first-order chi connectivity index (χ1) is 9.15. The van der Waals surface area contributed by atoms with Crippen molar-refractivity contribution in [2.24, 2.45) is 0 Å². The molecule has 1 aliphatic rings. The number of rotatable bonds is 5. The van der Waals surface area contributed by atoms with Gasteiger partial charge in [-0.2, -0.15) is 0 Å². The van der Waals surface area contributed by atoms with Crippen LogP contribution in [0, 0.1) is 5.82 Å². The summed E-state index contributed by atoms with van der Waals surface area (Å²) in [6, 6.07) is 5.32. The van der Waals surface area contributed by atoms with Crippen LogP contribution in [0.15, 0.2) is 22.7 Å². The monoisotopic (exact) mass is 327 g/mol. The van der Waals surface area contributed by atoms with Gasteiger partial charge >= 0.3 is 0 Å². The minimum Gasteiger partial charge on any atom is -0.314 e. The lowest BCUT2D eigenvalue weighted by Crippen LogP contribution is -2.34. The molecule has 0 radical (unpaired) electrons. The summed E-state index contributed by atoms with van der Waals surface area (Å²) in [6.45, 7) is 1.06. The zero-order valence-corrected chi connectivity index (χ0v) is 12.5. The highest BCUT2D eigenvalue weighted by atomic mass is 79.9. The summed E-state index contributed by atoms with van der Waals surface area (Å²) in [5.74, 6) is -0.188. The van der Waals surface area contributed by atoms with E-state index in [0.717, 1.165) is 19.4 Å². The number of Topliss-reactive ketones (excluding diaryl/α,β-unsaturated/α-hetero) is 1. The first-order valence-electron chi connectivity index (χ1n) is 6.84. The van der Waals surface area contributed by atoms with Crippen molar-refractivity contribution in [3.63, 3.8) is 0 Å². The third kappa shape index (κ3) is 4.69. The molecule has 1 aliphatic heterocycles. The Balaban J connectivity index is 1.80. The summed E-state index contributed by atoms with van der Waals surface area (Å²) in [6.07, 6.45) is 5.23. The number of hydrogen-bond donors (Lipinski definition) is 1. The molecule has 1 fully saturated rings. The summed E-state index contributed by atoms with van der Waals surface area (Å²) in [5.41, 5.74) is 0.491. The van der Waals surface area contributed by atoms with Gasteiger partial charge in [0.15, 0.2) is 0 Å². The van der Waals surface area contributed by atoms with E-state index in [2.05, 4.69) is 21.2 Å². The van der Waals surface area contributed by atoms with Crippen LogP contribution in [0.25, 0.3) is 0 Å². The second kappa shape index (κ2) is 7.15. The molecule has 0 bridgehead atoms. The van der Waals surface area contributed by atoms with Crippen LogP contribution in [0.3, 0.4) is 0 Å². The predicted octanol–water partition coefficient (Wildman–Crippen LogP) is 3.62. The predicted molar refractivity (Wildman–Crippen MR) is 77.7 cm³/mol. The average molecular weight is 328 g/mol. The lowest BCUT2D eigenvalue weighted by Gasteiger charge is -2.22. The number of piperidine rings is 1. The SMILES string of the molecule is O=C(CCC1CCCCN1)Cc1ccc(Br)cc1F. The van der Waals surface area contributed by atoms with E-state index in [4.69, 9.17) is 0 Å².